The maximum absolute atomic E-state index is 11.2. The van der Waals surface area contributed by atoms with Gasteiger partial charge >= 0.3 is 0 Å². The van der Waals surface area contributed by atoms with Crippen LogP contribution in [0.5, 0.6) is 0 Å². The van der Waals surface area contributed by atoms with Crippen LogP contribution in [0.1, 0.15) is 6.92 Å². The molecule has 0 aliphatic rings. The van der Waals surface area contributed by atoms with Gasteiger partial charge in [-0.05, 0) is 17.5 Å². The molecule has 0 fully saturated rings. The summed E-state index contributed by atoms with van der Waals surface area (Å²) in [5.74, 6) is -0.0468. The summed E-state index contributed by atoms with van der Waals surface area (Å²) < 4.78 is 0. The molecule has 4 heteroatoms. The van der Waals surface area contributed by atoms with E-state index in [1.54, 1.807) is 11.3 Å². The first-order valence-electron chi connectivity index (χ1n) is 5.67. The highest BCUT2D eigenvalue weighted by atomic mass is 32.1. The molecule has 0 aliphatic heterocycles. The van der Waals surface area contributed by atoms with Gasteiger partial charge in [-0.2, -0.15) is 0 Å². The summed E-state index contributed by atoms with van der Waals surface area (Å²) in [5, 5.41) is 6.03. The van der Waals surface area contributed by atoms with E-state index in [4.69, 9.17) is 0 Å². The van der Waals surface area contributed by atoms with E-state index in [9.17, 15) is 4.79 Å². The molecule has 3 aromatic rings. The number of hydrogen-bond donors (Lipinski definition) is 2. The molecule has 0 spiro atoms. The fourth-order valence-electron chi connectivity index (χ4n) is 2.07. The molecular weight excluding hydrogens is 244 g/mol. The molecule has 2 heterocycles. The minimum absolute atomic E-state index is 0.0468. The fraction of sp³-hybridized carbons (Fsp3) is 0.0714. The Morgan fingerprint density at radius 1 is 1.28 bits per heavy atom. The molecule has 3 nitrogen and oxygen atoms in total. The summed E-state index contributed by atoms with van der Waals surface area (Å²) in [6, 6.07) is 10.1. The second-order valence-electron chi connectivity index (χ2n) is 4.09. The van der Waals surface area contributed by atoms with Crippen molar-refractivity contribution in [2.75, 3.05) is 5.32 Å². The number of H-pyrrole nitrogens is 1. The van der Waals surface area contributed by atoms with E-state index >= 15 is 0 Å². The van der Waals surface area contributed by atoms with Gasteiger partial charge in [0.05, 0.1) is 10.6 Å². The second-order valence-corrected chi connectivity index (χ2v) is 5.01. The number of para-hydroxylation sites is 1. The van der Waals surface area contributed by atoms with E-state index in [1.807, 2.05) is 35.8 Å². The normalized spacial score (nSPS) is 10.7. The van der Waals surface area contributed by atoms with Crippen LogP contribution in [0, 0.1) is 0 Å². The van der Waals surface area contributed by atoms with Crippen molar-refractivity contribution in [3.8, 4) is 10.4 Å². The third-order valence-electron chi connectivity index (χ3n) is 2.81. The van der Waals surface area contributed by atoms with Crippen molar-refractivity contribution in [3.05, 3.63) is 41.9 Å². The number of amides is 1. The van der Waals surface area contributed by atoms with Crippen molar-refractivity contribution in [2.45, 2.75) is 6.92 Å². The summed E-state index contributed by atoms with van der Waals surface area (Å²) in [6.07, 6.45) is 1.99. The number of fused-ring (bicyclic) bond motifs is 1. The number of carbonyl (C=O) groups is 1. The first-order valence-corrected chi connectivity index (χ1v) is 6.55. The van der Waals surface area contributed by atoms with Crippen molar-refractivity contribution >= 4 is 33.8 Å². The highest BCUT2D eigenvalue weighted by Gasteiger charge is 2.12. The molecule has 0 radical (unpaired) electrons. The average molecular weight is 256 g/mol. The SMILES string of the molecule is CC(=O)Nc1ccsc1-c1c[nH]c2ccccc12. The zero-order chi connectivity index (χ0) is 12.5. The standard InChI is InChI=1S/C14H12N2OS/c1-9(17)16-13-6-7-18-14(13)11-8-15-12-5-3-2-4-10(11)12/h2-8,15H,1H3,(H,16,17). The molecule has 0 unspecified atom stereocenters. The lowest BCUT2D eigenvalue weighted by molar-refractivity contribution is -0.114. The van der Waals surface area contributed by atoms with Crippen LogP contribution < -0.4 is 5.32 Å². The van der Waals surface area contributed by atoms with E-state index in [1.165, 1.54) is 12.3 Å². The minimum Gasteiger partial charge on any atom is -0.361 e. The van der Waals surface area contributed by atoms with Crippen molar-refractivity contribution in [1.82, 2.24) is 4.98 Å². The Bertz CT molecular complexity index is 711. The molecule has 0 atom stereocenters. The maximum Gasteiger partial charge on any atom is 0.221 e. The Hall–Kier alpha value is -2.07. The quantitative estimate of drug-likeness (QED) is 0.718. The smallest absolute Gasteiger partial charge is 0.221 e. The lowest BCUT2D eigenvalue weighted by atomic mass is 10.1. The number of aromatic nitrogens is 1. The summed E-state index contributed by atoms with van der Waals surface area (Å²) in [6.45, 7) is 1.52. The van der Waals surface area contributed by atoms with Crippen LogP contribution in [0.3, 0.4) is 0 Å². The van der Waals surface area contributed by atoms with Crippen molar-refractivity contribution < 1.29 is 4.79 Å². The first-order chi connectivity index (χ1) is 8.75. The summed E-state index contributed by atoms with van der Waals surface area (Å²) in [7, 11) is 0. The van der Waals surface area contributed by atoms with Crippen LogP contribution in [0.25, 0.3) is 21.3 Å². The van der Waals surface area contributed by atoms with Crippen molar-refractivity contribution in [1.29, 1.82) is 0 Å². The topological polar surface area (TPSA) is 44.9 Å². The van der Waals surface area contributed by atoms with E-state index < -0.39 is 0 Å². The van der Waals surface area contributed by atoms with Gasteiger partial charge in [0.2, 0.25) is 5.91 Å². The molecule has 0 saturated heterocycles. The zero-order valence-corrected chi connectivity index (χ0v) is 10.7. The number of nitrogens with one attached hydrogen (secondary N) is 2. The highest BCUT2D eigenvalue weighted by Crippen LogP contribution is 2.37. The van der Waals surface area contributed by atoms with Gasteiger partial charge in [0.1, 0.15) is 0 Å². The molecule has 0 bridgehead atoms. The van der Waals surface area contributed by atoms with Crippen LogP contribution in [0.4, 0.5) is 5.69 Å². The third kappa shape index (κ3) is 1.80. The van der Waals surface area contributed by atoms with E-state index in [-0.39, 0.29) is 5.91 Å². The molecular formula is C14H12N2OS. The Morgan fingerprint density at radius 2 is 2.11 bits per heavy atom. The van der Waals surface area contributed by atoms with Crippen molar-refractivity contribution in [2.24, 2.45) is 0 Å². The highest BCUT2D eigenvalue weighted by molar-refractivity contribution is 7.14. The molecule has 1 aromatic carbocycles. The first kappa shape index (κ1) is 11.0. The van der Waals surface area contributed by atoms with Crippen LogP contribution in [-0.4, -0.2) is 10.9 Å². The molecule has 1 amide bonds. The number of thiophene rings is 1. The molecule has 2 N–H and O–H groups in total. The summed E-state index contributed by atoms with van der Waals surface area (Å²) in [5.41, 5.74) is 3.11. The number of carbonyl (C=O) groups excluding carboxylic acids is 1. The van der Waals surface area contributed by atoms with Gasteiger partial charge in [0, 0.05) is 29.6 Å². The summed E-state index contributed by atoms with van der Waals surface area (Å²) in [4.78, 5) is 15.5. The Morgan fingerprint density at radius 3 is 2.94 bits per heavy atom. The predicted octanol–water partition coefficient (Wildman–Crippen LogP) is 3.85. The Balaban J connectivity index is 2.15. The largest absolute Gasteiger partial charge is 0.361 e. The maximum atomic E-state index is 11.2. The van der Waals surface area contributed by atoms with Crippen LogP contribution >= 0.6 is 11.3 Å². The number of rotatable bonds is 2. The minimum atomic E-state index is -0.0468. The number of anilines is 1. The van der Waals surface area contributed by atoms with Crippen LogP contribution in [-0.2, 0) is 4.79 Å². The molecule has 2 aromatic heterocycles. The van der Waals surface area contributed by atoms with Gasteiger partial charge in [0.15, 0.2) is 0 Å². The van der Waals surface area contributed by atoms with E-state index in [0.29, 0.717) is 0 Å². The number of benzene rings is 1. The van der Waals surface area contributed by atoms with Gasteiger partial charge < -0.3 is 10.3 Å². The second kappa shape index (κ2) is 4.31. The molecule has 18 heavy (non-hydrogen) atoms. The van der Waals surface area contributed by atoms with E-state index in [0.717, 1.165) is 21.6 Å². The fourth-order valence-corrected chi connectivity index (χ4v) is 2.95. The lowest BCUT2D eigenvalue weighted by Gasteiger charge is -2.03. The molecule has 90 valence electrons. The average Bonchev–Trinajstić information content (AvgIpc) is 2.94. The van der Waals surface area contributed by atoms with Crippen molar-refractivity contribution in [3.63, 3.8) is 0 Å². The monoisotopic (exact) mass is 256 g/mol. The molecule has 0 saturated carbocycles. The summed E-state index contributed by atoms with van der Waals surface area (Å²) >= 11 is 1.63. The Kier molecular flexibility index (Phi) is 2.64. The van der Waals surface area contributed by atoms with Crippen LogP contribution in [0.15, 0.2) is 41.9 Å². The lowest BCUT2D eigenvalue weighted by Crippen LogP contribution is -2.05. The third-order valence-corrected chi connectivity index (χ3v) is 3.76. The Labute approximate surface area is 108 Å². The molecule has 3 rings (SSSR count). The zero-order valence-electron chi connectivity index (χ0n) is 9.86. The van der Waals surface area contributed by atoms with Gasteiger partial charge in [-0.1, -0.05) is 18.2 Å². The molecule has 0 aliphatic carbocycles. The van der Waals surface area contributed by atoms with E-state index in [2.05, 4.69) is 16.4 Å². The number of aromatic amines is 1. The van der Waals surface area contributed by atoms with Gasteiger partial charge in [0.25, 0.3) is 0 Å². The predicted molar refractivity (Wildman–Crippen MR) is 75.9 cm³/mol. The number of hydrogen-bond acceptors (Lipinski definition) is 2. The van der Waals surface area contributed by atoms with Crippen LogP contribution in [0.2, 0.25) is 0 Å². The van der Waals surface area contributed by atoms with Gasteiger partial charge in [-0.25, -0.2) is 0 Å². The van der Waals surface area contributed by atoms with Gasteiger partial charge in [-0.3, -0.25) is 4.79 Å². The van der Waals surface area contributed by atoms with Gasteiger partial charge in [-0.15, -0.1) is 11.3 Å².